The molecule has 0 amide bonds. The van der Waals surface area contributed by atoms with E-state index in [1.165, 1.54) is 12.3 Å². The summed E-state index contributed by atoms with van der Waals surface area (Å²) in [6, 6.07) is 12.8. The largest absolute Gasteiger partial charge is 0.289 e. The van der Waals surface area contributed by atoms with Gasteiger partial charge < -0.3 is 0 Å². The van der Waals surface area contributed by atoms with E-state index < -0.39 is 0 Å². The fraction of sp³-hybridized carbons (Fsp3) is 0.0667. The number of benzene rings is 1. The van der Waals surface area contributed by atoms with Crippen molar-refractivity contribution in [3.8, 4) is 0 Å². The number of ketones is 1. The van der Waals surface area contributed by atoms with Gasteiger partial charge in [0, 0.05) is 30.2 Å². The lowest BCUT2D eigenvalue weighted by molar-refractivity contribution is -0.0491. The molecule has 0 aliphatic heterocycles. The lowest BCUT2D eigenvalue weighted by atomic mass is 10.2. The van der Waals surface area contributed by atoms with Crippen LogP contribution in [-0.2, 0) is 6.54 Å². The van der Waals surface area contributed by atoms with E-state index in [4.69, 9.17) is 0 Å². The van der Waals surface area contributed by atoms with E-state index in [-0.39, 0.29) is 5.78 Å². The molecule has 19 heavy (non-hydrogen) atoms. The zero-order valence-electron chi connectivity index (χ0n) is 10.3. The van der Waals surface area contributed by atoms with Crippen LogP contribution in [0.2, 0.25) is 0 Å². The van der Waals surface area contributed by atoms with Gasteiger partial charge in [0.15, 0.2) is 5.78 Å². The Hall–Kier alpha value is -2.46. The molecule has 2 aromatic rings. The maximum absolute atomic E-state index is 11.7. The first kappa shape index (κ1) is 13.0. The average molecular weight is 254 g/mol. The second kappa shape index (κ2) is 6.47. The highest BCUT2D eigenvalue weighted by Gasteiger charge is 2.01. The number of nitrogens with zero attached hydrogens (tertiary/aromatic N) is 2. The van der Waals surface area contributed by atoms with Crippen LogP contribution in [0.25, 0.3) is 0 Å². The van der Waals surface area contributed by atoms with Crippen molar-refractivity contribution in [3.05, 3.63) is 78.3 Å². The monoisotopic (exact) mass is 254 g/mol. The summed E-state index contributed by atoms with van der Waals surface area (Å²) in [5, 5.41) is 10.7. The standard InChI is InChI=1S/C15H14N2O2/c18-15(14-6-9-16-10-7-14)8-11-17(19)12-13-4-2-1-3-5-13/h1-11,19H,12H2/b11-8-. The number of rotatable bonds is 5. The Kier molecular flexibility index (Phi) is 4.42. The number of allylic oxidation sites excluding steroid dienone is 1. The molecule has 0 bridgehead atoms. The summed E-state index contributed by atoms with van der Waals surface area (Å²) in [5.41, 5.74) is 1.50. The second-order valence-corrected chi connectivity index (χ2v) is 4.00. The van der Waals surface area contributed by atoms with Crippen molar-refractivity contribution in [2.24, 2.45) is 0 Å². The molecule has 4 heteroatoms. The minimum atomic E-state index is -0.172. The third-order valence-electron chi connectivity index (χ3n) is 2.55. The van der Waals surface area contributed by atoms with Crippen LogP contribution < -0.4 is 0 Å². The quantitative estimate of drug-likeness (QED) is 0.506. The molecule has 2 rings (SSSR count). The van der Waals surface area contributed by atoms with E-state index in [1.54, 1.807) is 24.5 Å². The van der Waals surface area contributed by atoms with Crippen molar-refractivity contribution in [1.82, 2.24) is 10.0 Å². The van der Waals surface area contributed by atoms with Gasteiger partial charge in [0.1, 0.15) is 0 Å². The maximum Gasteiger partial charge on any atom is 0.187 e. The van der Waals surface area contributed by atoms with Crippen molar-refractivity contribution in [2.45, 2.75) is 6.54 Å². The van der Waals surface area contributed by atoms with Crippen LogP contribution in [0.4, 0.5) is 0 Å². The summed E-state index contributed by atoms with van der Waals surface area (Å²) in [5.74, 6) is -0.172. The van der Waals surface area contributed by atoms with E-state index in [1.807, 2.05) is 30.3 Å². The van der Waals surface area contributed by atoms with Gasteiger partial charge in [-0.05, 0) is 17.7 Å². The van der Waals surface area contributed by atoms with Crippen molar-refractivity contribution in [3.63, 3.8) is 0 Å². The topological polar surface area (TPSA) is 53.4 Å². The van der Waals surface area contributed by atoms with E-state index >= 15 is 0 Å². The Morgan fingerprint density at radius 2 is 1.84 bits per heavy atom. The van der Waals surface area contributed by atoms with Crippen LogP contribution >= 0.6 is 0 Å². The number of carbonyl (C=O) groups is 1. The highest BCUT2D eigenvalue weighted by atomic mass is 16.5. The number of hydrogen-bond donors (Lipinski definition) is 1. The maximum atomic E-state index is 11.7. The molecule has 0 radical (unpaired) electrons. The van der Waals surface area contributed by atoms with Crippen molar-refractivity contribution < 1.29 is 10.0 Å². The molecule has 4 nitrogen and oxygen atoms in total. The van der Waals surface area contributed by atoms with Gasteiger partial charge in [0.2, 0.25) is 0 Å². The first-order valence-electron chi connectivity index (χ1n) is 5.88. The van der Waals surface area contributed by atoms with Gasteiger partial charge in [-0.25, -0.2) is 0 Å². The van der Waals surface area contributed by atoms with Crippen molar-refractivity contribution >= 4 is 5.78 Å². The van der Waals surface area contributed by atoms with Crippen LogP contribution in [0.5, 0.6) is 0 Å². The molecule has 0 saturated heterocycles. The molecule has 0 unspecified atom stereocenters. The molecule has 1 N–H and O–H groups in total. The van der Waals surface area contributed by atoms with E-state index in [0.717, 1.165) is 10.6 Å². The Bertz CT molecular complexity index is 553. The minimum absolute atomic E-state index is 0.172. The SMILES string of the molecule is O=C(/C=C\N(O)Cc1ccccc1)c1ccncc1. The second-order valence-electron chi connectivity index (χ2n) is 4.00. The predicted molar refractivity (Wildman–Crippen MR) is 71.5 cm³/mol. The molecular weight excluding hydrogens is 240 g/mol. The van der Waals surface area contributed by atoms with Gasteiger partial charge in [0.05, 0.1) is 6.54 Å². The molecular formula is C15H14N2O2. The van der Waals surface area contributed by atoms with Gasteiger partial charge in [0.25, 0.3) is 0 Å². The fourth-order valence-corrected chi connectivity index (χ4v) is 1.59. The van der Waals surface area contributed by atoms with E-state index in [2.05, 4.69) is 4.98 Å². The molecule has 0 saturated carbocycles. The summed E-state index contributed by atoms with van der Waals surface area (Å²) in [6.45, 7) is 0.334. The normalized spacial score (nSPS) is 10.6. The zero-order valence-corrected chi connectivity index (χ0v) is 10.3. The van der Waals surface area contributed by atoms with Crippen LogP contribution in [0.15, 0.2) is 67.1 Å². The third kappa shape index (κ3) is 4.04. The fourth-order valence-electron chi connectivity index (χ4n) is 1.59. The Labute approximate surface area is 111 Å². The van der Waals surface area contributed by atoms with Crippen LogP contribution in [0.1, 0.15) is 15.9 Å². The molecule has 1 heterocycles. The molecule has 0 fully saturated rings. The number of pyridine rings is 1. The lowest BCUT2D eigenvalue weighted by Gasteiger charge is -2.11. The number of hydroxylamine groups is 2. The van der Waals surface area contributed by atoms with Gasteiger partial charge in [-0.3, -0.25) is 20.0 Å². The predicted octanol–water partition coefficient (Wildman–Crippen LogP) is 2.67. The van der Waals surface area contributed by atoms with Gasteiger partial charge in [-0.2, -0.15) is 0 Å². The zero-order chi connectivity index (χ0) is 13.5. The van der Waals surface area contributed by atoms with Crippen LogP contribution in [0, 0.1) is 0 Å². The smallest absolute Gasteiger partial charge is 0.187 e. The number of carbonyl (C=O) groups excluding carboxylic acids is 1. The van der Waals surface area contributed by atoms with E-state index in [0.29, 0.717) is 12.1 Å². The van der Waals surface area contributed by atoms with Crippen molar-refractivity contribution in [2.75, 3.05) is 0 Å². The summed E-state index contributed by atoms with van der Waals surface area (Å²) in [4.78, 5) is 15.6. The summed E-state index contributed by atoms with van der Waals surface area (Å²) >= 11 is 0. The highest BCUT2D eigenvalue weighted by molar-refractivity contribution is 6.04. The summed E-state index contributed by atoms with van der Waals surface area (Å²) in [7, 11) is 0. The molecule has 1 aromatic carbocycles. The van der Waals surface area contributed by atoms with Gasteiger partial charge in [-0.1, -0.05) is 30.3 Å². The highest BCUT2D eigenvalue weighted by Crippen LogP contribution is 2.04. The molecule has 0 aliphatic carbocycles. The lowest BCUT2D eigenvalue weighted by Crippen LogP contribution is -2.11. The van der Waals surface area contributed by atoms with Gasteiger partial charge >= 0.3 is 0 Å². The van der Waals surface area contributed by atoms with Crippen LogP contribution in [0.3, 0.4) is 0 Å². The number of hydrogen-bond acceptors (Lipinski definition) is 4. The molecule has 0 aliphatic rings. The number of aromatic nitrogens is 1. The molecule has 96 valence electrons. The van der Waals surface area contributed by atoms with Crippen LogP contribution in [-0.4, -0.2) is 21.0 Å². The first-order chi connectivity index (χ1) is 9.25. The minimum Gasteiger partial charge on any atom is -0.289 e. The Morgan fingerprint density at radius 3 is 2.53 bits per heavy atom. The molecule has 0 spiro atoms. The molecule has 0 atom stereocenters. The summed E-state index contributed by atoms with van der Waals surface area (Å²) in [6.07, 6.45) is 5.80. The third-order valence-corrected chi connectivity index (χ3v) is 2.55. The average Bonchev–Trinajstić information content (AvgIpc) is 2.47. The summed E-state index contributed by atoms with van der Waals surface area (Å²) < 4.78 is 0. The first-order valence-corrected chi connectivity index (χ1v) is 5.88. The Morgan fingerprint density at radius 1 is 1.16 bits per heavy atom. The van der Waals surface area contributed by atoms with Gasteiger partial charge in [-0.15, -0.1) is 0 Å². The van der Waals surface area contributed by atoms with Crippen molar-refractivity contribution in [1.29, 1.82) is 0 Å². The molecule has 1 aromatic heterocycles. The van der Waals surface area contributed by atoms with E-state index in [9.17, 15) is 10.0 Å². The Balaban J connectivity index is 1.94.